The lowest BCUT2D eigenvalue weighted by Gasteiger charge is -2.12. The number of hydrogen-bond donors (Lipinski definition) is 1. The maximum Gasteiger partial charge on any atom is 0.433 e. The minimum Gasteiger partial charge on any atom is -0.491 e. The Labute approximate surface area is 146 Å². The lowest BCUT2D eigenvalue weighted by Crippen LogP contribution is -2.20. The summed E-state index contributed by atoms with van der Waals surface area (Å²) < 4.78 is 43.1. The molecule has 0 aliphatic rings. The maximum absolute atomic E-state index is 12.6. The molecule has 1 N–H and O–H groups in total. The number of Topliss-reactive ketones (excluding diaryl/α,β-unsaturated/α-hetero) is 1. The van der Waals surface area contributed by atoms with E-state index in [1.807, 2.05) is 0 Å². The Morgan fingerprint density at radius 3 is 2.56 bits per heavy atom. The summed E-state index contributed by atoms with van der Waals surface area (Å²) in [7, 11) is 0. The summed E-state index contributed by atoms with van der Waals surface area (Å²) >= 11 is 0.903. The third-order valence-corrected chi connectivity index (χ3v) is 4.04. The van der Waals surface area contributed by atoms with Gasteiger partial charge in [-0.25, -0.2) is 9.97 Å². The lowest BCUT2D eigenvalue weighted by molar-refractivity contribution is -0.141. The first kappa shape index (κ1) is 19.2. The second kappa shape index (κ2) is 8.30. The number of ketones is 1. The molecular formula is C16H15F3N2O3S. The number of alkyl halides is 3. The number of halogens is 3. The Hall–Kier alpha value is -2.13. The summed E-state index contributed by atoms with van der Waals surface area (Å²) in [6.45, 7) is 1.40. The summed E-state index contributed by atoms with van der Waals surface area (Å²) in [5.74, 6) is 0.487. The third-order valence-electron chi connectivity index (χ3n) is 3.03. The second-order valence-corrected chi connectivity index (χ2v) is 6.07. The molecule has 9 heteroatoms. The van der Waals surface area contributed by atoms with Crippen molar-refractivity contribution in [1.82, 2.24) is 9.97 Å². The van der Waals surface area contributed by atoms with Crippen LogP contribution in [0.25, 0.3) is 0 Å². The van der Waals surface area contributed by atoms with Crippen molar-refractivity contribution < 1.29 is 27.8 Å². The maximum atomic E-state index is 12.6. The van der Waals surface area contributed by atoms with Gasteiger partial charge >= 0.3 is 6.18 Å². The van der Waals surface area contributed by atoms with E-state index in [1.54, 1.807) is 24.3 Å². The lowest BCUT2D eigenvalue weighted by atomic mass is 10.1. The molecule has 0 saturated heterocycles. The molecule has 5 nitrogen and oxygen atoms in total. The van der Waals surface area contributed by atoms with E-state index >= 15 is 0 Å². The molecule has 2 aromatic rings. The van der Waals surface area contributed by atoms with Crippen molar-refractivity contribution in [3.8, 4) is 5.75 Å². The predicted octanol–water partition coefficient (Wildman–Crippen LogP) is 3.23. The fraction of sp³-hybridized carbons (Fsp3) is 0.312. The molecule has 0 bridgehead atoms. The number of aliphatic hydroxyl groups is 1. The van der Waals surface area contributed by atoms with Crippen LogP contribution in [0.5, 0.6) is 5.75 Å². The average molecular weight is 372 g/mol. The smallest absolute Gasteiger partial charge is 0.433 e. The van der Waals surface area contributed by atoms with Crippen LogP contribution in [-0.4, -0.2) is 39.3 Å². The van der Waals surface area contributed by atoms with Gasteiger partial charge in [-0.3, -0.25) is 4.79 Å². The Balaban J connectivity index is 1.82. The molecule has 0 spiro atoms. The van der Waals surface area contributed by atoms with E-state index in [0.29, 0.717) is 11.3 Å². The standard InChI is InChI=1S/C16H15F3N2O3S/c1-10(22)11-2-4-13(5-3-11)24-8-12(23)9-25-15-20-7-6-14(21-15)16(17,18)19/h2-7,12,23H,8-9H2,1H3. The van der Waals surface area contributed by atoms with E-state index in [2.05, 4.69) is 9.97 Å². The van der Waals surface area contributed by atoms with Crippen LogP contribution in [-0.2, 0) is 6.18 Å². The van der Waals surface area contributed by atoms with Crippen molar-refractivity contribution in [2.24, 2.45) is 0 Å². The minimum absolute atomic E-state index is 0.0502. The van der Waals surface area contributed by atoms with Crippen molar-refractivity contribution >= 4 is 17.5 Å². The van der Waals surface area contributed by atoms with Gasteiger partial charge in [0.2, 0.25) is 0 Å². The average Bonchev–Trinajstić information content (AvgIpc) is 2.58. The van der Waals surface area contributed by atoms with E-state index in [-0.39, 0.29) is 23.3 Å². The van der Waals surface area contributed by atoms with Gasteiger partial charge in [0.1, 0.15) is 18.1 Å². The zero-order valence-corrected chi connectivity index (χ0v) is 14.0. The molecule has 1 aromatic carbocycles. The number of carbonyl (C=O) groups is 1. The normalized spacial score (nSPS) is 12.7. The first-order valence-corrected chi connectivity index (χ1v) is 8.19. The van der Waals surface area contributed by atoms with Crippen LogP contribution < -0.4 is 4.74 Å². The first-order chi connectivity index (χ1) is 11.8. The van der Waals surface area contributed by atoms with E-state index in [9.17, 15) is 23.1 Å². The van der Waals surface area contributed by atoms with Gasteiger partial charge in [0.25, 0.3) is 0 Å². The SMILES string of the molecule is CC(=O)c1ccc(OCC(O)CSc2nccc(C(F)(F)F)n2)cc1. The van der Waals surface area contributed by atoms with Crippen molar-refractivity contribution in [3.05, 3.63) is 47.8 Å². The number of benzene rings is 1. The predicted molar refractivity (Wildman–Crippen MR) is 85.7 cm³/mol. The number of rotatable bonds is 7. The quantitative estimate of drug-likeness (QED) is 0.457. The highest BCUT2D eigenvalue weighted by molar-refractivity contribution is 7.99. The van der Waals surface area contributed by atoms with E-state index in [1.165, 1.54) is 6.92 Å². The van der Waals surface area contributed by atoms with Crippen LogP contribution in [0.3, 0.4) is 0 Å². The minimum atomic E-state index is -4.54. The zero-order valence-electron chi connectivity index (χ0n) is 13.2. The van der Waals surface area contributed by atoms with Gasteiger partial charge in [-0.05, 0) is 37.3 Å². The van der Waals surface area contributed by atoms with E-state index in [0.717, 1.165) is 24.0 Å². The van der Waals surface area contributed by atoms with Crippen LogP contribution >= 0.6 is 11.8 Å². The number of hydrogen-bond acceptors (Lipinski definition) is 6. The molecule has 0 fully saturated rings. The van der Waals surface area contributed by atoms with Crippen LogP contribution in [0.15, 0.2) is 41.7 Å². The molecule has 1 heterocycles. The van der Waals surface area contributed by atoms with Crippen molar-refractivity contribution in [2.75, 3.05) is 12.4 Å². The van der Waals surface area contributed by atoms with Gasteiger partial charge in [0.05, 0.1) is 6.10 Å². The number of aromatic nitrogens is 2. The summed E-state index contributed by atoms with van der Waals surface area (Å²) in [6.07, 6.45) is -4.43. The van der Waals surface area contributed by atoms with E-state index in [4.69, 9.17) is 4.74 Å². The van der Waals surface area contributed by atoms with Gasteiger partial charge in [0.15, 0.2) is 10.9 Å². The van der Waals surface area contributed by atoms with Gasteiger partial charge in [0, 0.05) is 17.5 Å². The number of ether oxygens (including phenoxy) is 1. The monoisotopic (exact) mass is 372 g/mol. The fourth-order valence-corrected chi connectivity index (χ4v) is 2.50. The number of carbonyl (C=O) groups excluding carboxylic acids is 1. The fourth-order valence-electron chi connectivity index (χ4n) is 1.77. The van der Waals surface area contributed by atoms with Crippen LogP contribution in [0.2, 0.25) is 0 Å². The molecule has 1 unspecified atom stereocenters. The van der Waals surface area contributed by atoms with E-state index < -0.39 is 18.0 Å². The first-order valence-electron chi connectivity index (χ1n) is 7.20. The van der Waals surface area contributed by atoms with Gasteiger partial charge in [-0.2, -0.15) is 13.2 Å². The Kier molecular flexibility index (Phi) is 6.38. The number of nitrogens with zero attached hydrogens (tertiary/aromatic N) is 2. The summed E-state index contributed by atoms with van der Waals surface area (Å²) in [5, 5.41) is 9.80. The Morgan fingerprint density at radius 1 is 1.28 bits per heavy atom. The van der Waals surface area contributed by atoms with Gasteiger partial charge in [-0.1, -0.05) is 11.8 Å². The molecule has 25 heavy (non-hydrogen) atoms. The highest BCUT2D eigenvalue weighted by Gasteiger charge is 2.32. The molecule has 0 amide bonds. The molecule has 134 valence electrons. The van der Waals surface area contributed by atoms with Crippen molar-refractivity contribution in [2.45, 2.75) is 24.4 Å². The number of thioether (sulfide) groups is 1. The van der Waals surface area contributed by atoms with Crippen LogP contribution in [0.4, 0.5) is 13.2 Å². The summed E-state index contributed by atoms with van der Waals surface area (Å²) in [5.41, 5.74) is -0.480. The van der Waals surface area contributed by atoms with Gasteiger partial charge in [-0.15, -0.1) is 0 Å². The molecule has 0 aliphatic carbocycles. The zero-order chi connectivity index (χ0) is 18.4. The molecule has 1 atom stereocenters. The van der Waals surface area contributed by atoms with Crippen molar-refractivity contribution in [3.63, 3.8) is 0 Å². The number of aliphatic hydroxyl groups excluding tert-OH is 1. The highest BCUT2D eigenvalue weighted by atomic mass is 32.2. The molecule has 1 aromatic heterocycles. The Morgan fingerprint density at radius 2 is 1.96 bits per heavy atom. The second-order valence-electron chi connectivity index (χ2n) is 5.08. The molecule has 0 aliphatic heterocycles. The van der Waals surface area contributed by atoms with Gasteiger partial charge < -0.3 is 9.84 Å². The molecule has 0 radical (unpaired) electrons. The molecule has 0 saturated carbocycles. The molecule has 2 rings (SSSR count). The summed E-state index contributed by atoms with van der Waals surface area (Å²) in [6, 6.07) is 7.21. The highest BCUT2D eigenvalue weighted by Crippen LogP contribution is 2.28. The topological polar surface area (TPSA) is 72.3 Å². The third kappa shape index (κ3) is 6.02. The van der Waals surface area contributed by atoms with Crippen LogP contribution in [0, 0.1) is 0 Å². The largest absolute Gasteiger partial charge is 0.491 e. The summed E-state index contributed by atoms with van der Waals surface area (Å²) in [4.78, 5) is 18.3. The Bertz CT molecular complexity index is 723. The molecular weight excluding hydrogens is 357 g/mol. The van der Waals surface area contributed by atoms with Crippen LogP contribution in [0.1, 0.15) is 23.0 Å². The van der Waals surface area contributed by atoms with Crippen molar-refractivity contribution in [1.29, 1.82) is 0 Å².